The van der Waals surface area contributed by atoms with Crippen molar-refractivity contribution in [2.45, 2.75) is 11.4 Å². The van der Waals surface area contributed by atoms with E-state index in [1.807, 2.05) is 18.2 Å². The monoisotopic (exact) mass is 413 g/mol. The molecule has 2 N–H and O–H groups in total. The van der Waals surface area contributed by atoms with Gasteiger partial charge in [0, 0.05) is 11.3 Å². The summed E-state index contributed by atoms with van der Waals surface area (Å²) in [7, 11) is 1.25. The zero-order valence-electron chi connectivity index (χ0n) is 15.3. The van der Waals surface area contributed by atoms with Crippen LogP contribution >= 0.6 is 11.8 Å². The van der Waals surface area contributed by atoms with Crippen LogP contribution in [0.5, 0.6) is 17.4 Å². The zero-order valence-corrected chi connectivity index (χ0v) is 16.1. The Morgan fingerprint density at radius 3 is 2.79 bits per heavy atom. The van der Waals surface area contributed by atoms with Gasteiger partial charge in [-0.3, -0.25) is 10.1 Å². The highest BCUT2D eigenvalue weighted by atomic mass is 32.2. The summed E-state index contributed by atoms with van der Waals surface area (Å²) in [5.41, 5.74) is 1.52. The Bertz CT molecular complexity index is 1110. The van der Waals surface area contributed by atoms with Crippen molar-refractivity contribution in [1.82, 2.24) is 15.2 Å². The van der Waals surface area contributed by atoms with E-state index in [9.17, 15) is 15.2 Å². The van der Waals surface area contributed by atoms with Gasteiger partial charge in [-0.05, 0) is 24.5 Å². The number of nitrogens with zero attached hydrogens (tertiary/aromatic N) is 4. The number of anilines is 1. The molecule has 0 saturated carbocycles. The number of nitrogens with one attached hydrogen (secondary N) is 1. The van der Waals surface area contributed by atoms with Crippen molar-refractivity contribution in [3.8, 4) is 28.6 Å². The van der Waals surface area contributed by atoms with E-state index in [4.69, 9.17) is 9.47 Å². The standard InChI is InChI=1S/C18H15N5O5S/c1-27-15-12(24)8-7-10(14(15)23(25)26)16-19-11-6-4-3-5-9(11)13-17(28-16)20-18(29-2)22-21-13/h3-8,16,19,24H,1-2H3/t16-/m0/s1. The summed E-state index contributed by atoms with van der Waals surface area (Å²) in [6, 6.07) is 10.0. The van der Waals surface area contributed by atoms with Crippen LogP contribution in [0.25, 0.3) is 11.3 Å². The minimum atomic E-state index is -0.987. The first kappa shape index (κ1) is 18.7. The Labute approximate surface area is 169 Å². The Morgan fingerprint density at radius 2 is 2.07 bits per heavy atom. The van der Waals surface area contributed by atoms with Crippen molar-refractivity contribution >= 4 is 23.1 Å². The number of hydrogen-bond donors (Lipinski definition) is 2. The van der Waals surface area contributed by atoms with Crippen molar-refractivity contribution in [2.24, 2.45) is 0 Å². The molecule has 0 fully saturated rings. The summed E-state index contributed by atoms with van der Waals surface area (Å²) in [6.07, 6.45) is 0.818. The first-order valence-electron chi connectivity index (χ1n) is 8.39. The van der Waals surface area contributed by atoms with Gasteiger partial charge in [-0.15, -0.1) is 10.2 Å². The Morgan fingerprint density at radius 1 is 1.28 bits per heavy atom. The van der Waals surface area contributed by atoms with Gasteiger partial charge < -0.3 is 19.9 Å². The summed E-state index contributed by atoms with van der Waals surface area (Å²) in [6.45, 7) is 0. The van der Waals surface area contributed by atoms with Crippen LogP contribution in [0.15, 0.2) is 41.6 Å². The smallest absolute Gasteiger partial charge is 0.323 e. The highest BCUT2D eigenvalue weighted by Gasteiger charge is 2.34. The lowest BCUT2D eigenvalue weighted by molar-refractivity contribution is -0.387. The first-order chi connectivity index (χ1) is 14.0. The van der Waals surface area contributed by atoms with E-state index in [0.717, 1.165) is 0 Å². The number of nitro groups is 1. The second-order valence-corrected chi connectivity index (χ2v) is 6.73. The van der Waals surface area contributed by atoms with Crippen LogP contribution < -0.4 is 14.8 Å². The molecule has 0 spiro atoms. The van der Waals surface area contributed by atoms with E-state index in [1.54, 1.807) is 12.3 Å². The number of fused-ring (bicyclic) bond motifs is 3. The molecule has 29 heavy (non-hydrogen) atoms. The summed E-state index contributed by atoms with van der Waals surface area (Å²) < 4.78 is 11.1. The first-order valence-corrected chi connectivity index (χ1v) is 9.61. The van der Waals surface area contributed by atoms with Crippen molar-refractivity contribution in [2.75, 3.05) is 18.7 Å². The SMILES string of the molecule is COc1c(O)ccc([C@H]2Nc3ccccc3-c3nnc(SC)nc3O2)c1[N+](=O)[O-]. The number of nitro benzene ring substituents is 1. The highest BCUT2D eigenvalue weighted by Crippen LogP contribution is 2.45. The van der Waals surface area contributed by atoms with Crippen LogP contribution in [0.4, 0.5) is 11.4 Å². The van der Waals surface area contributed by atoms with Crippen LogP contribution in [0.1, 0.15) is 11.8 Å². The molecule has 4 rings (SSSR count). The number of benzene rings is 2. The van der Waals surface area contributed by atoms with Gasteiger partial charge in [0.1, 0.15) is 0 Å². The number of phenolic OH excluding ortho intramolecular Hbond substituents is 1. The summed E-state index contributed by atoms with van der Waals surface area (Å²) in [5.74, 6) is -0.402. The largest absolute Gasteiger partial charge is 0.504 e. The quantitative estimate of drug-likeness (QED) is 0.372. The predicted molar refractivity (Wildman–Crippen MR) is 105 cm³/mol. The van der Waals surface area contributed by atoms with E-state index >= 15 is 0 Å². The van der Waals surface area contributed by atoms with Gasteiger partial charge >= 0.3 is 5.69 Å². The average Bonchev–Trinajstić information content (AvgIpc) is 2.89. The molecule has 0 bridgehead atoms. The van der Waals surface area contributed by atoms with Crippen LogP contribution in [0.2, 0.25) is 0 Å². The molecule has 0 saturated heterocycles. The fraction of sp³-hybridized carbons (Fsp3) is 0.167. The molecule has 0 radical (unpaired) electrons. The van der Waals surface area contributed by atoms with Gasteiger partial charge in [-0.2, -0.15) is 4.98 Å². The maximum atomic E-state index is 11.8. The Hall–Kier alpha value is -3.60. The second kappa shape index (κ2) is 7.43. The van der Waals surface area contributed by atoms with Gasteiger partial charge in [0.15, 0.2) is 11.4 Å². The third-order valence-corrected chi connectivity index (χ3v) is 4.87. The molecule has 148 valence electrons. The molecule has 3 aromatic rings. The number of aromatic hydroxyl groups is 1. The molecule has 1 aromatic heterocycles. The summed E-state index contributed by atoms with van der Waals surface area (Å²) in [5, 5.41) is 33.6. The number of thioether (sulfide) groups is 1. The van der Waals surface area contributed by atoms with Crippen molar-refractivity contribution in [1.29, 1.82) is 0 Å². The van der Waals surface area contributed by atoms with Crippen LogP contribution in [0.3, 0.4) is 0 Å². The number of phenols is 1. The minimum Gasteiger partial charge on any atom is -0.504 e. The molecule has 2 aromatic carbocycles. The third kappa shape index (κ3) is 3.25. The van der Waals surface area contributed by atoms with Gasteiger partial charge in [0.2, 0.25) is 23.0 Å². The van der Waals surface area contributed by atoms with E-state index in [0.29, 0.717) is 22.1 Å². The van der Waals surface area contributed by atoms with E-state index in [-0.39, 0.29) is 22.9 Å². The summed E-state index contributed by atoms with van der Waals surface area (Å²) >= 11 is 1.30. The van der Waals surface area contributed by atoms with Crippen LogP contribution in [0, 0.1) is 10.1 Å². The lowest BCUT2D eigenvalue weighted by Crippen LogP contribution is -2.19. The van der Waals surface area contributed by atoms with Gasteiger partial charge in [0.25, 0.3) is 0 Å². The van der Waals surface area contributed by atoms with Gasteiger partial charge in [-0.1, -0.05) is 30.0 Å². The fourth-order valence-electron chi connectivity index (χ4n) is 3.05. The maximum absolute atomic E-state index is 11.8. The van der Waals surface area contributed by atoms with Crippen LogP contribution in [-0.4, -0.2) is 38.6 Å². The highest BCUT2D eigenvalue weighted by molar-refractivity contribution is 7.98. The molecular formula is C18H15N5O5S. The second-order valence-electron chi connectivity index (χ2n) is 5.95. The molecule has 1 aliphatic rings. The van der Waals surface area contributed by atoms with E-state index in [2.05, 4.69) is 20.5 Å². The molecule has 11 heteroatoms. The van der Waals surface area contributed by atoms with Crippen molar-refractivity contribution in [3.63, 3.8) is 0 Å². The van der Waals surface area contributed by atoms with Crippen molar-refractivity contribution < 1.29 is 19.5 Å². The van der Waals surface area contributed by atoms with E-state index < -0.39 is 16.8 Å². The average molecular weight is 413 g/mol. The number of hydrogen-bond acceptors (Lipinski definition) is 10. The lowest BCUT2D eigenvalue weighted by atomic mass is 10.1. The number of para-hydroxylation sites is 1. The molecule has 0 amide bonds. The Balaban J connectivity index is 1.92. The molecular weight excluding hydrogens is 398 g/mol. The number of aromatic nitrogens is 3. The molecule has 0 unspecified atom stereocenters. The molecule has 1 atom stereocenters. The lowest BCUT2D eigenvalue weighted by Gasteiger charge is -2.20. The number of ether oxygens (including phenoxy) is 2. The minimum absolute atomic E-state index is 0.164. The molecule has 0 aliphatic carbocycles. The molecule has 1 aliphatic heterocycles. The number of methoxy groups -OCH3 is 1. The fourth-order valence-corrected chi connectivity index (χ4v) is 3.35. The normalized spacial score (nSPS) is 14.6. The van der Waals surface area contributed by atoms with Gasteiger partial charge in [0.05, 0.1) is 17.6 Å². The third-order valence-electron chi connectivity index (χ3n) is 4.33. The Kier molecular flexibility index (Phi) is 4.80. The van der Waals surface area contributed by atoms with Crippen LogP contribution in [-0.2, 0) is 0 Å². The van der Waals surface area contributed by atoms with Crippen molar-refractivity contribution in [3.05, 3.63) is 52.1 Å². The maximum Gasteiger partial charge on any atom is 0.323 e. The van der Waals surface area contributed by atoms with Gasteiger partial charge in [-0.25, -0.2) is 0 Å². The number of rotatable bonds is 4. The predicted octanol–water partition coefficient (Wildman–Crippen LogP) is 3.39. The summed E-state index contributed by atoms with van der Waals surface area (Å²) in [4.78, 5) is 15.5. The molecule has 2 heterocycles. The molecule has 10 nitrogen and oxygen atoms in total. The zero-order chi connectivity index (χ0) is 20.5. The topological polar surface area (TPSA) is 133 Å². The van der Waals surface area contributed by atoms with E-state index in [1.165, 1.54) is 31.0 Å².